The third-order valence-corrected chi connectivity index (χ3v) is 1.99. The Bertz CT molecular complexity index is 459. The van der Waals surface area contributed by atoms with Gasteiger partial charge >= 0.3 is 0 Å². The smallest absolute Gasteiger partial charge is 0.178 e. The molecule has 0 saturated carbocycles. The molecular formula is C10H12N4. The van der Waals surface area contributed by atoms with Crippen molar-refractivity contribution in [2.75, 3.05) is 0 Å². The van der Waals surface area contributed by atoms with Gasteiger partial charge in [0.05, 0.1) is 11.2 Å². The molecule has 0 spiro atoms. The third-order valence-electron chi connectivity index (χ3n) is 1.99. The van der Waals surface area contributed by atoms with E-state index in [1.54, 1.807) is 12.4 Å². The van der Waals surface area contributed by atoms with E-state index in [1.165, 1.54) is 0 Å². The number of nitrogens with zero attached hydrogens (tertiary/aromatic N) is 3. The Balaban J connectivity index is 2.63. The number of aromatic nitrogens is 3. The minimum absolute atomic E-state index is 0.439. The highest BCUT2D eigenvalue weighted by atomic mass is 14.9. The molecule has 0 unspecified atom stereocenters. The molecule has 2 aromatic heterocycles. The monoisotopic (exact) mass is 188 g/mol. The molecule has 0 atom stereocenters. The number of rotatable bonds is 1. The Morgan fingerprint density at radius 3 is 2.57 bits per heavy atom. The first-order valence-corrected chi connectivity index (χ1v) is 4.44. The molecule has 14 heavy (non-hydrogen) atoms. The maximum atomic E-state index is 5.94. The summed E-state index contributed by atoms with van der Waals surface area (Å²) in [7, 11) is 0. The predicted octanol–water partition coefficient (Wildman–Crippen LogP) is 1.22. The summed E-state index contributed by atoms with van der Waals surface area (Å²) in [6.45, 7) is 3.83. The zero-order chi connectivity index (χ0) is 10.2. The van der Waals surface area contributed by atoms with Crippen LogP contribution < -0.4 is 5.73 Å². The van der Waals surface area contributed by atoms with E-state index in [9.17, 15) is 0 Å². The molecule has 0 aliphatic carbocycles. The lowest BCUT2D eigenvalue weighted by Crippen LogP contribution is -2.29. The SMILES string of the molecule is CC(C)(N)c1ccc2nccnc2n1. The average molecular weight is 188 g/mol. The minimum Gasteiger partial charge on any atom is -0.321 e. The molecule has 72 valence electrons. The van der Waals surface area contributed by atoms with Crippen LogP contribution in [0.5, 0.6) is 0 Å². The second-order valence-corrected chi connectivity index (χ2v) is 3.82. The maximum absolute atomic E-state index is 5.94. The molecule has 0 aromatic carbocycles. The van der Waals surface area contributed by atoms with E-state index in [0.717, 1.165) is 11.2 Å². The highest BCUT2D eigenvalue weighted by Gasteiger charge is 2.16. The number of hydrogen-bond acceptors (Lipinski definition) is 4. The number of pyridine rings is 1. The van der Waals surface area contributed by atoms with Crippen molar-refractivity contribution in [3.05, 3.63) is 30.2 Å². The molecule has 0 amide bonds. The van der Waals surface area contributed by atoms with E-state index in [-0.39, 0.29) is 0 Å². The van der Waals surface area contributed by atoms with Crippen molar-refractivity contribution in [3.8, 4) is 0 Å². The van der Waals surface area contributed by atoms with Crippen LogP contribution in [-0.2, 0) is 5.54 Å². The fraction of sp³-hybridized carbons (Fsp3) is 0.300. The van der Waals surface area contributed by atoms with Crippen molar-refractivity contribution in [1.82, 2.24) is 15.0 Å². The fourth-order valence-electron chi connectivity index (χ4n) is 1.21. The minimum atomic E-state index is -0.439. The summed E-state index contributed by atoms with van der Waals surface area (Å²) in [5.41, 5.74) is 7.76. The van der Waals surface area contributed by atoms with Gasteiger partial charge in [-0.25, -0.2) is 9.97 Å². The van der Waals surface area contributed by atoms with E-state index in [0.29, 0.717) is 5.65 Å². The van der Waals surface area contributed by atoms with Crippen LogP contribution in [-0.4, -0.2) is 15.0 Å². The highest BCUT2D eigenvalue weighted by molar-refractivity contribution is 5.69. The second-order valence-electron chi connectivity index (χ2n) is 3.82. The van der Waals surface area contributed by atoms with Gasteiger partial charge in [-0.1, -0.05) is 0 Å². The van der Waals surface area contributed by atoms with Crippen molar-refractivity contribution in [1.29, 1.82) is 0 Å². The molecule has 0 aliphatic rings. The van der Waals surface area contributed by atoms with Gasteiger partial charge in [0.2, 0.25) is 0 Å². The summed E-state index contributed by atoms with van der Waals surface area (Å²) in [6.07, 6.45) is 3.28. The number of fused-ring (bicyclic) bond motifs is 1. The van der Waals surface area contributed by atoms with Gasteiger partial charge in [-0.2, -0.15) is 0 Å². The van der Waals surface area contributed by atoms with Crippen LogP contribution >= 0.6 is 0 Å². The Morgan fingerprint density at radius 2 is 1.86 bits per heavy atom. The number of hydrogen-bond donors (Lipinski definition) is 1. The molecule has 2 N–H and O–H groups in total. The molecule has 2 rings (SSSR count). The molecule has 4 nitrogen and oxygen atoms in total. The Morgan fingerprint density at radius 1 is 1.14 bits per heavy atom. The van der Waals surface area contributed by atoms with Crippen LogP contribution in [0.3, 0.4) is 0 Å². The van der Waals surface area contributed by atoms with Crippen molar-refractivity contribution in [2.24, 2.45) is 5.73 Å². The molecular weight excluding hydrogens is 176 g/mol. The highest BCUT2D eigenvalue weighted by Crippen LogP contribution is 2.16. The summed E-state index contributed by atoms with van der Waals surface area (Å²) in [4.78, 5) is 12.6. The topological polar surface area (TPSA) is 64.7 Å². The van der Waals surface area contributed by atoms with Gasteiger partial charge in [-0.05, 0) is 26.0 Å². The lowest BCUT2D eigenvalue weighted by molar-refractivity contribution is 0.537. The Kier molecular flexibility index (Phi) is 1.93. The van der Waals surface area contributed by atoms with Crippen LogP contribution in [0.1, 0.15) is 19.5 Å². The van der Waals surface area contributed by atoms with E-state index in [1.807, 2.05) is 26.0 Å². The maximum Gasteiger partial charge on any atom is 0.178 e. The normalized spacial score (nSPS) is 11.9. The Hall–Kier alpha value is -1.55. The second kappa shape index (κ2) is 2.99. The zero-order valence-corrected chi connectivity index (χ0v) is 8.23. The summed E-state index contributed by atoms with van der Waals surface area (Å²) in [6, 6.07) is 3.77. The zero-order valence-electron chi connectivity index (χ0n) is 8.23. The molecule has 0 aliphatic heterocycles. The first-order valence-electron chi connectivity index (χ1n) is 4.44. The van der Waals surface area contributed by atoms with E-state index in [2.05, 4.69) is 15.0 Å². The van der Waals surface area contributed by atoms with Gasteiger partial charge in [-0.15, -0.1) is 0 Å². The van der Waals surface area contributed by atoms with Crippen molar-refractivity contribution in [2.45, 2.75) is 19.4 Å². The molecule has 0 saturated heterocycles. The van der Waals surface area contributed by atoms with Crippen molar-refractivity contribution in [3.63, 3.8) is 0 Å². The summed E-state index contributed by atoms with van der Waals surface area (Å²) in [5.74, 6) is 0. The van der Waals surface area contributed by atoms with Crippen molar-refractivity contribution < 1.29 is 0 Å². The van der Waals surface area contributed by atoms with Crippen molar-refractivity contribution >= 4 is 11.2 Å². The van der Waals surface area contributed by atoms with Gasteiger partial charge in [0.15, 0.2) is 5.65 Å². The predicted molar refractivity (Wildman–Crippen MR) is 54.5 cm³/mol. The number of nitrogens with two attached hydrogens (primary N) is 1. The quantitative estimate of drug-likeness (QED) is 0.730. The third kappa shape index (κ3) is 1.56. The van der Waals surface area contributed by atoms with Gasteiger partial charge in [-0.3, -0.25) is 4.98 Å². The molecule has 2 aromatic rings. The van der Waals surface area contributed by atoms with Crippen LogP contribution in [0.2, 0.25) is 0 Å². The first-order chi connectivity index (χ1) is 6.57. The van der Waals surface area contributed by atoms with Gasteiger partial charge < -0.3 is 5.73 Å². The first kappa shape index (κ1) is 9.02. The lowest BCUT2D eigenvalue weighted by atomic mass is 10.0. The van der Waals surface area contributed by atoms with Gasteiger partial charge in [0, 0.05) is 12.4 Å². The molecule has 0 radical (unpaired) electrons. The average Bonchev–Trinajstić information content (AvgIpc) is 2.16. The standard InChI is InChI=1S/C10H12N4/c1-10(2,11)8-4-3-7-9(14-8)13-6-5-12-7/h3-6H,11H2,1-2H3. The molecule has 0 bridgehead atoms. The molecule has 0 fully saturated rings. The van der Waals surface area contributed by atoms with Gasteiger partial charge in [0.1, 0.15) is 5.52 Å². The fourth-order valence-corrected chi connectivity index (χ4v) is 1.21. The summed E-state index contributed by atoms with van der Waals surface area (Å²) in [5, 5.41) is 0. The van der Waals surface area contributed by atoms with E-state index >= 15 is 0 Å². The van der Waals surface area contributed by atoms with Crippen LogP contribution in [0, 0.1) is 0 Å². The molecule has 4 heteroatoms. The summed E-state index contributed by atoms with van der Waals surface area (Å²) >= 11 is 0. The van der Waals surface area contributed by atoms with Gasteiger partial charge in [0.25, 0.3) is 0 Å². The van der Waals surface area contributed by atoms with Crippen LogP contribution in [0.4, 0.5) is 0 Å². The van der Waals surface area contributed by atoms with E-state index in [4.69, 9.17) is 5.73 Å². The lowest BCUT2D eigenvalue weighted by Gasteiger charge is -2.17. The van der Waals surface area contributed by atoms with E-state index < -0.39 is 5.54 Å². The van der Waals surface area contributed by atoms with Crippen LogP contribution in [0.15, 0.2) is 24.5 Å². The molecule has 2 heterocycles. The summed E-state index contributed by atoms with van der Waals surface area (Å²) < 4.78 is 0. The Labute approximate surface area is 82.2 Å². The largest absolute Gasteiger partial charge is 0.321 e. The van der Waals surface area contributed by atoms with Crippen LogP contribution in [0.25, 0.3) is 11.2 Å².